The van der Waals surface area contributed by atoms with Gasteiger partial charge in [0.2, 0.25) is 10.0 Å². The molecule has 1 fully saturated rings. The Labute approximate surface area is 179 Å². The SMILES string of the molecule is CN=C(NCCc1ccccn1)NCc1ccccc1S(=O)(=O)N1CCN(C)CC1. The number of aliphatic imine (C=N–C) groups is 1. The van der Waals surface area contributed by atoms with Crippen LogP contribution in [-0.2, 0) is 23.0 Å². The van der Waals surface area contributed by atoms with Crippen LogP contribution in [0.1, 0.15) is 11.3 Å². The van der Waals surface area contributed by atoms with Gasteiger partial charge in [0, 0.05) is 64.6 Å². The molecule has 2 heterocycles. The number of rotatable bonds is 7. The summed E-state index contributed by atoms with van der Waals surface area (Å²) in [6.45, 7) is 3.55. The quantitative estimate of drug-likeness (QED) is 0.502. The molecule has 0 radical (unpaired) electrons. The van der Waals surface area contributed by atoms with Gasteiger partial charge in [0.1, 0.15) is 0 Å². The molecule has 2 N–H and O–H groups in total. The second-order valence-electron chi connectivity index (χ2n) is 7.24. The van der Waals surface area contributed by atoms with Gasteiger partial charge < -0.3 is 15.5 Å². The lowest BCUT2D eigenvalue weighted by Crippen LogP contribution is -2.47. The monoisotopic (exact) mass is 430 g/mol. The molecule has 0 spiro atoms. The largest absolute Gasteiger partial charge is 0.356 e. The van der Waals surface area contributed by atoms with E-state index in [2.05, 4.69) is 25.5 Å². The van der Waals surface area contributed by atoms with Gasteiger partial charge in [-0.25, -0.2) is 8.42 Å². The van der Waals surface area contributed by atoms with Crippen LogP contribution >= 0.6 is 0 Å². The molecule has 30 heavy (non-hydrogen) atoms. The van der Waals surface area contributed by atoms with Crippen molar-refractivity contribution in [2.45, 2.75) is 17.9 Å². The molecule has 0 bridgehead atoms. The highest BCUT2D eigenvalue weighted by atomic mass is 32.2. The Morgan fingerprint density at radius 1 is 1.07 bits per heavy atom. The van der Waals surface area contributed by atoms with E-state index in [0.717, 1.165) is 30.8 Å². The summed E-state index contributed by atoms with van der Waals surface area (Å²) < 4.78 is 27.9. The molecule has 0 amide bonds. The number of likely N-dealkylation sites (N-methyl/N-ethyl adjacent to an activating group) is 1. The summed E-state index contributed by atoms with van der Waals surface area (Å²) in [6, 6.07) is 13.0. The molecule has 1 saturated heterocycles. The first kappa shape index (κ1) is 22.2. The minimum absolute atomic E-state index is 0.353. The van der Waals surface area contributed by atoms with Crippen molar-refractivity contribution in [2.75, 3.05) is 46.8 Å². The number of pyridine rings is 1. The van der Waals surface area contributed by atoms with Crippen LogP contribution in [0, 0.1) is 0 Å². The van der Waals surface area contributed by atoms with E-state index in [1.165, 1.54) is 0 Å². The number of aromatic nitrogens is 1. The number of benzene rings is 1. The van der Waals surface area contributed by atoms with Crippen LogP contribution in [0.15, 0.2) is 58.5 Å². The number of sulfonamides is 1. The number of nitrogens with zero attached hydrogens (tertiary/aromatic N) is 4. The first-order valence-electron chi connectivity index (χ1n) is 10.1. The standard InChI is InChI=1S/C21H30N6O2S/c1-22-21(24-12-10-19-8-5-6-11-23-19)25-17-18-7-3-4-9-20(18)30(28,29)27-15-13-26(2)14-16-27/h3-9,11H,10,12-17H2,1-2H3,(H2,22,24,25). The molecule has 0 aliphatic carbocycles. The van der Waals surface area contributed by atoms with Gasteiger partial charge in [0.05, 0.1) is 4.90 Å². The van der Waals surface area contributed by atoms with Crippen molar-refractivity contribution in [1.82, 2.24) is 24.8 Å². The highest BCUT2D eigenvalue weighted by Crippen LogP contribution is 2.21. The van der Waals surface area contributed by atoms with E-state index in [0.29, 0.717) is 37.0 Å². The van der Waals surface area contributed by atoms with E-state index in [4.69, 9.17) is 0 Å². The Bertz CT molecular complexity index is 941. The molecule has 3 rings (SSSR count). The molecule has 1 aliphatic rings. The highest BCUT2D eigenvalue weighted by molar-refractivity contribution is 7.89. The molecule has 0 unspecified atom stereocenters. The molecule has 1 aromatic carbocycles. The number of hydrogen-bond acceptors (Lipinski definition) is 5. The van der Waals surface area contributed by atoms with Gasteiger partial charge in [-0.05, 0) is 30.8 Å². The van der Waals surface area contributed by atoms with Crippen molar-refractivity contribution in [1.29, 1.82) is 0 Å². The average molecular weight is 431 g/mol. The van der Waals surface area contributed by atoms with Crippen LogP contribution < -0.4 is 10.6 Å². The van der Waals surface area contributed by atoms with Crippen molar-refractivity contribution in [3.8, 4) is 0 Å². The number of piperazine rings is 1. The maximum Gasteiger partial charge on any atom is 0.243 e. The summed E-state index contributed by atoms with van der Waals surface area (Å²) in [5.41, 5.74) is 1.73. The third kappa shape index (κ3) is 5.78. The Kier molecular flexibility index (Phi) is 7.78. The lowest BCUT2D eigenvalue weighted by Gasteiger charge is -2.32. The number of nitrogens with one attached hydrogen (secondary N) is 2. The molecular weight excluding hydrogens is 400 g/mol. The Hall–Kier alpha value is -2.49. The molecular formula is C21H30N6O2S. The topological polar surface area (TPSA) is 89.9 Å². The fraction of sp³-hybridized carbons (Fsp3) is 0.429. The van der Waals surface area contributed by atoms with Crippen LogP contribution in [0.25, 0.3) is 0 Å². The van der Waals surface area contributed by atoms with Gasteiger partial charge in [-0.15, -0.1) is 0 Å². The van der Waals surface area contributed by atoms with Crippen LogP contribution in [0.5, 0.6) is 0 Å². The van der Waals surface area contributed by atoms with E-state index in [-0.39, 0.29) is 0 Å². The molecule has 1 aliphatic heterocycles. The third-order valence-electron chi connectivity index (χ3n) is 5.12. The maximum absolute atomic E-state index is 13.2. The normalized spacial score (nSPS) is 16.4. The number of hydrogen-bond donors (Lipinski definition) is 2. The fourth-order valence-corrected chi connectivity index (χ4v) is 4.97. The minimum Gasteiger partial charge on any atom is -0.356 e. The molecule has 8 nitrogen and oxygen atoms in total. The second-order valence-corrected chi connectivity index (χ2v) is 9.15. The molecule has 2 aromatic rings. The molecule has 0 saturated carbocycles. The second kappa shape index (κ2) is 10.5. The van der Waals surface area contributed by atoms with Gasteiger partial charge in [0.15, 0.2) is 5.96 Å². The van der Waals surface area contributed by atoms with Crippen molar-refractivity contribution in [2.24, 2.45) is 4.99 Å². The zero-order valence-corrected chi connectivity index (χ0v) is 18.4. The third-order valence-corrected chi connectivity index (χ3v) is 7.12. The van der Waals surface area contributed by atoms with Crippen molar-refractivity contribution in [3.63, 3.8) is 0 Å². The van der Waals surface area contributed by atoms with Crippen LogP contribution in [0.2, 0.25) is 0 Å². The van der Waals surface area contributed by atoms with Crippen LogP contribution in [-0.4, -0.2) is 75.4 Å². The Balaban J connectivity index is 1.61. The van der Waals surface area contributed by atoms with E-state index in [1.807, 2.05) is 37.4 Å². The van der Waals surface area contributed by atoms with Gasteiger partial charge in [0.25, 0.3) is 0 Å². The van der Waals surface area contributed by atoms with Crippen molar-refractivity contribution >= 4 is 16.0 Å². The minimum atomic E-state index is -3.53. The summed E-state index contributed by atoms with van der Waals surface area (Å²) in [5.74, 6) is 0.623. The fourth-order valence-electron chi connectivity index (χ4n) is 3.32. The van der Waals surface area contributed by atoms with Gasteiger partial charge >= 0.3 is 0 Å². The summed E-state index contributed by atoms with van der Waals surface area (Å²) >= 11 is 0. The summed E-state index contributed by atoms with van der Waals surface area (Å²) in [4.78, 5) is 11.0. The van der Waals surface area contributed by atoms with E-state index in [1.54, 1.807) is 29.7 Å². The predicted octanol–water partition coefficient (Wildman–Crippen LogP) is 0.925. The lowest BCUT2D eigenvalue weighted by atomic mass is 10.2. The lowest BCUT2D eigenvalue weighted by molar-refractivity contribution is 0.222. The summed E-state index contributed by atoms with van der Waals surface area (Å²) in [5, 5.41) is 6.47. The maximum atomic E-state index is 13.2. The predicted molar refractivity (Wildman–Crippen MR) is 119 cm³/mol. The van der Waals surface area contributed by atoms with E-state index >= 15 is 0 Å². The smallest absolute Gasteiger partial charge is 0.243 e. The summed E-state index contributed by atoms with van der Waals surface area (Å²) in [7, 11) is 0.180. The number of guanidine groups is 1. The molecule has 162 valence electrons. The van der Waals surface area contributed by atoms with Crippen molar-refractivity contribution in [3.05, 3.63) is 59.9 Å². The first-order valence-corrected chi connectivity index (χ1v) is 11.6. The summed E-state index contributed by atoms with van der Waals surface area (Å²) in [6.07, 6.45) is 2.55. The van der Waals surface area contributed by atoms with Gasteiger partial charge in [-0.1, -0.05) is 24.3 Å². The molecule has 9 heteroatoms. The first-order chi connectivity index (χ1) is 14.5. The Morgan fingerprint density at radius 2 is 1.80 bits per heavy atom. The van der Waals surface area contributed by atoms with Crippen LogP contribution in [0.3, 0.4) is 0 Å². The highest BCUT2D eigenvalue weighted by Gasteiger charge is 2.29. The zero-order valence-electron chi connectivity index (χ0n) is 17.6. The van der Waals surface area contributed by atoms with Gasteiger partial charge in [-0.2, -0.15) is 4.31 Å². The van der Waals surface area contributed by atoms with E-state index < -0.39 is 10.0 Å². The average Bonchev–Trinajstić information content (AvgIpc) is 2.77. The molecule has 0 atom stereocenters. The Morgan fingerprint density at radius 3 is 2.50 bits per heavy atom. The van der Waals surface area contributed by atoms with Gasteiger partial charge in [-0.3, -0.25) is 9.98 Å². The van der Waals surface area contributed by atoms with E-state index in [9.17, 15) is 8.42 Å². The van der Waals surface area contributed by atoms with Crippen LogP contribution in [0.4, 0.5) is 0 Å². The zero-order chi connectivity index (χ0) is 21.4. The van der Waals surface area contributed by atoms with Crippen molar-refractivity contribution < 1.29 is 8.42 Å². The molecule has 1 aromatic heterocycles.